The van der Waals surface area contributed by atoms with Crippen molar-refractivity contribution in [3.05, 3.63) is 0 Å². The molecule has 0 spiro atoms. The van der Waals surface area contributed by atoms with E-state index in [1.807, 2.05) is 0 Å². The van der Waals surface area contributed by atoms with Crippen LogP contribution in [0.15, 0.2) is 0 Å². The molecule has 114 valence electrons. The Hall–Kier alpha value is -1.22. The average Bonchev–Trinajstić information content (AvgIpc) is 2.94. The Morgan fingerprint density at radius 3 is 2.16 bits per heavy atom. The second-order valence-corrected chi connectivity index (χ2v) is 3.56. The Bertz CT molecular complexity index is 215. The highest BCUT2D eigenvalue weighted by molar-refractivity contribution is 5.73. The predicted molar refractivity (Wildman–Crippen MR) is 66.5 cm³/mol. The van der Waals surface area contributed by atoms with Crippen LogP contribution in [0.3, 0.4) is 0 Å². The van der Waals surface area contributed by atoms with Crippen LogP contribution < -0.4 is 5.32 Å². The smallest absolute Gasteiger partial charge is 0.320 e. The molecule has 1 heterocycles. The summed E-state index contributed by atoms with van der Waals surface area (Å²) in [5.41, 5.74) is 0. The van der Waals surface area contributed by atoms with E-state index in [0.717, 1.165) is 19.4 Å². The van der Waals surface area contributed by atoms with E-state index in [-0.39, 0.29) is 19.3 Å². The Kier molecular flexibility index (Phi) is 15.7. The van der Waals surface area contributed by atoms with Gasteiger partial charge in [-0.15, -0.1) is 0 Å². The van der Waals surface area contributed by atoms with Crippen molar-refractivity contribution in [2.75, 3.05) is 26.4 Å². The minimum Gasteiger partial charge on any atom is -0.480 e. The molecule has 0 aromatic carbocycles. The second-order valence-electron chi connectivity index (χ2n) is 3.56. The lowest BCUT2D eigenvalue weighted by molar-refractivity contribution is -0.139. The van der Waals surface area contributed by atoms with E-state index >= 15 is 0 Å². The maximum absolute atomic E-state index is 10.1. The number of carbonyl (C=O) groups is 2. The monoisotopic (exact) mass is 281 g/mol. The first kappa shape index (κ1) is 20.1. The first-order valence-electron chi connectivity index (χ1n) is 5.94. The van der Waals surface area contributed by atoms with E-state index in [1.54, 1.807) is 6.92 Å². The fourth-order valence-electron chi connectivity index (χ4n) is 1.02. The summed E-state index contributed by atoms with van der Waals surface area (Å²) in [5.74, 6) is -0.720. The highest BCUT2D eigenvalue weighted by atomic mass is 16.5. The second kappa shape index (κ2) is 14.8. The SMILES string of the molecule is CCOC=O.O=C(O)[C@@H]1CCCN1.OCC(O)CO. The van der Waals surface area contributed by atoms with Gasteiger partial charge in [-0.05, 0) is 26.3 Å². The summed E-state index contributed by atoms with van der Waals surface area (Å²) in [6.07, 6.45) is 0.830. The molecule has 0 amide bonds. The molecule has 0 aliphatic carbocycles. The van der Waals surface area contributed by atoms with Gasteiger partial charge in [0, 0.05) is 0 Å². The van der Waals surface area contributed by atoms with Gasteiger partial charge in [0.2, 0.25) is 0 Å². The van der Waals surface area contributed by atoms with Crippen LogP contribution >= 0.6 is 0 Å². The van der Waals surface area contributed by atoms with Crippen LogP contribution in [0.4, 0.5) is 0 Å². The highest BCUT2D eigenvalue weighted by Crippen LogP contribution is 2.03. The van der Waals surface area contributed by atoms with E-state index in [0.29, 0.717) is 13.1 Å². The van der Waals surface area contributed by atoms with Gasteiger partial charge in [-0.1, -0.05) is 0 Å². The van der Waals surface area contributed by atoms with Gasteiger partial charge >= 0.3 is 5.97 Å². The molecular weight excluding hydrogens is 258 g/mol. The zero-order valence-electron chi connectivity index (χ0n) is 11.0. The summed E-state index contributed by atoms with van der Waals surface area (Å²) in [5, 5.41) is 35.2. The molecule has 8 heteroatoms. The molecule has 1 aliphatic rings. The number of carboxylic acid groups (broad SMARTS) is 1. The van der Waals surface area contributed by atoms with Crippen LogP contribution in [0.1, 0.15) is 19.8 Å². The third-order valence-corrected chi connectivity index (χ3v) is 2.01. The molecule has 1 atom stereocenters. The minimum atomic E-state index is -0.954. The fraction of sp³-hybridized carbons (Fsp3) is 0.818. The molecule has 0 unspecified atom stereocenters. The topological polar surface area (TPSA) is 136 Å². The van der Waals surface area contributed by atoms with Gasteiger partial charge < -0.3 is 30.5 Å². The molecule has 0 saturated carbocycles. The summed E-state index contributed by atoms with van der Waals surface area (Å²) < 4.78 is 4.15. The lowest BCUT2D eigenvalue weighted by Crippen LogP contribution is -2.29. The van der Waals surface area contributed by atoms with Gasteiger partial charge in [0.05, 0.1) is 19.8 Å². The van der Waals surface area contributed by atoms with Crippen LogP contribution in [0.5, 0.6) is 0 Å². The number of hydrogen-bond donors (Lipinski definition) is 5. The lowest BCUT2D eigenvalue weighted by Gasteiger charge is -1.99. The molecule has 1 rings (SSSR count). The van der Waals surface area contributed by atoms with Crippen molar-refractivity contribution in [3.8, 4) is 0 Å². The van der Waals surface area contributed by atoms with Gasteiger partial charge in [-0.2, -0.15) is 0 Å². The highest BCUT2D eigenvalue weighted by Gasteiger charge is 2.20. The third kappa shape index (κ3) is 14.7. The number of aliphatic carboxylic acids is 1. The van der Waals surface area contributed by atoms with Crippen molar-refractivity contribution in [2.45, 2.75) is 31.9 Å². The summed E-state index contributed by atoms with van der Waals surface area (Å²) in [7, 11) is 0. The lowest BCUT2D eigenvalue weighted by atomic mass is 10.2. The van der Waals surface area contributed by atoms with Crippen molar-refractivity contribution in [1.29, 1.82) is 0 Å². The van der Waals surface area contributed by atoms with Crippen molar-refractivity contribution in [3.63, 3.8) is 0 Å². The van der Waals surface area contributed by atoms with E-state index in [9.17, 15) is 9.59 Å². The molecule has 1 fully saturated rings. The molecule has 1 saturated heterocycles. The number of hydrogen-bond acceptors (Lipinski definition) is 7. The molecule has 0 aromatic rings. The number of carbonyl (C=O) groups excluding carboxylic acids is 1. The largest absolute Gasteiger partial charge is 0.480 e. The van der Waals surface area contributed by atoms with Gasteiger partial charge in [0.1, 0.15) is 12.1 Å². The Morgan fingerprint density at radius 1 is 1.47 bits per heavy atom. The molecule has 0 radical (unpaired) electrons. The molecule has 19 heavy (non-hydrogen) atoms. The van der Waals surface area contributed by atoms with Crippen molar-refractivity contribution < 1.29 is 34.8 Å². The standard InChI is InChI=1S/C5H9NO2.C3H8O3.C3H6O2/c7-5(8)4-2-1-3-6-4;4-1-3(6)2-5;1-2-5-3-4/h4,6H,1-3H2,(H,7,8);3-6H,1-2H2;3H,2H2,1H3/t4-;;/m0../s1. The fourth-order valence-corrected chi connectivity index (χ4v) is 1.02. The summed E-state index contributed by atoms with van der Waals surface area (Å²) >= 11 is 0. The quantitative estimate of drug-likeness (QED) is 0.377. The zero-order valence-corrected chi connectivity index (χ0v) is 11.0. The summed E-state index contributed by atoms with van der Waals surface area (Å²) in [6.45, 7) is 2.79. The molecule has 1 aliphatic heterocycles. The maximum atomic E-state index is 10.1. The number of aliphatic hydroxyl groups excluding tert-OH is 3. The summed E-state index contributed by atoms with van der Waals surface area (Å²) in [4.78, 5) is 19.3. The van der Waals surface area contributed by atoms with Crippen LogP contribution in [-0.2, 0) is 14.3 Å². The van der Waals surface area contributed by atoms with Crippen molar-refractivity contribution >= 4 is 12.4 Å². The summed E-state index contributed by atoms with van der Waals surface area (Å²) in [6, 6.07) is -0.269. The molecular formula is C11H23NO7. The Morgan fingerprint density at radius 2 is 2.05 bits per heavy atom. The molecule has 0 aromatic heterocycles. The van der Waals surface area contributed by atoms with Gasteiger partial charge in [0.15, 0.2) is 0 Å². The van der Waals surface area contributed by atoms with E-state index < -0.39 is 12.1 Å². The normalized spacial score (nSPS) is 16.8. The molecule has 8 nitrogen and oxygen atoms in total. The third-order valence-electron chi connectivity index (χ3n) is 2.01. The number of rotatable bonds is 5. The Labute approximate surface area is 112 Å². The number of ether oxygens (including phenoxy) is 1. The van der Waals surface area contributed by atoms with Gasteiger partial charge in [-0.3, -0.25) is 9.59 Å². The number of nitrogens with one attached hydrogen (secondary N) is 1. The average molecular weight is 281 g/mol. The zero-order chi connectivity index (χ0) is 15.1. The minimum absolute atomic E-state index is 0.269. The number of carboxylic acids is 1. The van der Waals surface area contributed by atoms with Gasteiger partial charge in [-0.25, -0.2) is 0 Å². The van der Waals surface area contributed by atoms with E-state index in [2.05, 4.69) is 10.1 Å². The van der Waals surface area contributed by atoms with Crippen LogP contribution in [0.2, 0.25) is 0 Å². The predicted octanol–water partition coefficient (Wildman–Crippen LogP) is -1.67. The van der Waals surface area contributed by atoms with Crippen LogP contribution in [-0.4, -0.2) is 71.4 Å². The van der Waals surface area contributed by atoms with Crippen LogP contribution in [0, 0.1) is 0 Å². The first-order chi connectivity index (χ1) is 9.03. The Balaban J connectivity index is 0. The number of aliphatic hydroxyl groups is 3. The van der Waals surface area contributed by atoms with E-state index in [1.165, 1.54) is 0 Å². The molecule has 0 bridgehead atoms. The first-order valence-corrected chi connectivity index (χ1v) is 5.94. The van der Waals surface area contributed by atoms with E-state index in [4.69, 9.17) is 20.4 Å². The maximum Gasteiger partial charge on any atom is 0.320 e. The van der Waals surface area contributed by atoms with Crippen molar-refractivity contribution in [1.82, 2.24) is 5.32 Å². The van der Waals surface area contributed by atoms with Crippen molar-refractivity contribution in [2.24, 2.45) is 0 Å². The van der Waals surface area contributed by atoms with Gasteiger partial charge in [0.25, 0.3) is 6.47 Å². The van der Waals surface area contributed by atoms with Crippen LogP contribution in [0.25, 0.3) is 0 Å². The molecule has 5 N–H and O–H groups in total.